The number of carbonyl (C=O) groups is 1. The minimum absolute atomic E-state index is 0.292. The molecule has 32 heavy (non-hydrogen) atoms. The highest BCUT2D eigenvalue weighted by atomic mass is 19.1. The van der Waals surface area contributed by atoms with Crippen LogP contribution < -0.4 is 0 Å². The lowest BCUT2D eigenvalue weighted by Crippen LogP contribution is -2.49. The summed E-state index contributed by atoms with van der Waals surface area (Å²) in [5.41, 5.74) is 0.651. The molecule has 5 fully saturated rings. The van der Waals surface area contributed by atoms with Crippen LogP contribution in [0.5, 0.6) is 0 Å². The lowest BCUT2D eigenvalue weighted by atomic mass is 9.49. The third-order valence-corrected chi connectivity index (χ3v) is 8.61. The molecule has 1 aliphatic heterocycles. The Labute approximate surface area is 188 Å². The molecule has 6 heteroatoms. The first-order chi connectivity index (χ1) is 15.6. The van der Waals surface area contributed by atoms with E-state index in [9.17, 15) is 9.18 Å². The van der Waals surface area contributed by atoms with Gasteiger partial charge in [-0.05, 0) is 92.6 Å². The molecule has 4 bridgehead atoms. The topological polar surface area (TPSA) is 59.2 Å². The van der Waals surface area contributed by atoms with Gasteiger partial charge in [0.05, 0.1) is 5.56 Å². The molecule has 5 aliphatic rings. The number of amides is 1. The van der Waals surface area contributed by atoms with Crippen molar-refractivity contribution in [2.45, 2.75) is 64.2 Å². The smallest absolute Gasteiger partial charge is 0.227 e. The van der Waals surface area contributed by atoms with Crippen molar-refractivity contribution in [1.82, 2.24) is 15.0 Å². The normalized spacial score (nSPS) is 33.6. The molecule has 0 spiro atoms. The number of hydrogen-bond donors (Lipinski definition) is 0. The maximum absolute atomic E-state index is 14.0. The summed E-state index contributed by atoms with van der Waals surface area (Å²) in [6.45, 7) is 1.63. The number of halogens is 1. The molecule has 1 saturated heterocycles. The van der Waals surface area contributed by atoms with Crippen LogP contribution in [-0.4, -0.2) is 34.0 Å². The summed E-state index contributed by atoms with van der Waals surface area (Å²) in [6, 6.07) is 6.48. The van der Waals surface area contributed by atoms with Crippen LogP contribution in [0, 0.1) is 34.9 Å². The maximum atomic E-state index is 14.0. The van der Waals surface area contributed by atoms with Crippen LogP contribution >= 0.6 is 0 Å². The first-order valence-electron chi connectivity index (χ1n) is 12.4. The summed E-state index contributed by atoms with van der Waals surface area (Å²) < 4.78 is 19.5. The first-order valence-corrected chi connectivity index (χ1v) is 12.4. The van der Waals surface area contributed by atoms with E-state index in [1.807, 2.05) is 0 Å². The Morgan fingerprint density at radius 1 is 1.12 bits per heavy atom. The predicted molar refractivity (Wildman–Crippen MR) is 118 cm³/mol. The van der Waals surface area contributed by atoms with Crippen molar-refractivity contribution in [2.24, 2.45) is 29.1 Å². The van der Waals surface area contributed by atoms with E-state index < -0.39 is 0 Å². The number of rotatable bonds is 5. The molecule has 1 aromatic heterocycles. The van der Waals surface area contributed by atoms with Crippen LogP contribution in [0.2, 0.25) is 0 Å². The molecule has 170 valence electrons. The van der Waals surface area contributed by atoms with Crippen LogP contribution in [0.1, 0.15) is 63.7 Å². The summed E-state index contributed by atoms with van der Waals surface area (Å²) in [5, 5.41) is 3.98. The van der Waals surface area contributed by atoms with E-state index in [-0.39, 0.29) is 5.82 Å². The van der Waals surface area contributed by atoms with Crippen molar-refractivity contribution in [1.29, 1.82) is 0 Å². The average Bonchev–Trinajstić information content (AvgIpc) is 3.21. The third kappa shape index (κ3) is 3.86. The largest absolute Gasteiger partial charge is 0.342 e. The zero-order valence-corrected chi connectivity index (χ0v) is 18.6. The molecule has 4 aliphatic carbocycles. The summed E-state index contributed by atoms with van der Waals surface area (Å²) in [5.74, 6) is 3.79. The fraction of sp³-hybridized carbons (Fsp3) is 0.654. The lowest BCUT2D eigenvalue weighted by Gasteiger charge is -2.57. The van der Waals surface area contributed by atoms with E-state index in [0.29, 0.717) is 40.9 Å². The van der Waals surface area contributed by atoms with Crippen molar-refractivity contribution >= 4 is 5.91 Å². The molecule has 1 unspecified atom stereocenters. The van der Waals surface area contributed by atoms with Gasteiger partial charge in [0.2, 0.25) is 17.6 Å². The molecule has 1 atom stereocenters. The number of carbonyl (C=O) groups excluding carboxylic acids is 1. The van der Waals surface area contributed by atoms with Crippen LogP contribution in [-0.2, 0) is 11.2 Å². The summed E-state index contributed by atoms with van der Waals surface area (Å²) in [6.07, 6.45) is 11.6. The number of hydrogen-bond acceptors (Lipinski definition) is 4. The molecule has 4 saturated carbocycles. The second-order valence-electron chi connectivity index (χ2n) is 11.1. The van der Waals surface area contributed by atoms with E-state index in [4.69, 9.17) is 4.52 Å². The quantitative estimate of drug-likeness (QED) is 0.640. The molecule has 7 rings (SSSR count). The Hall–Kier alpha value is -2.24. The Kier molecular flexibility index (Phi) is 5.07. The van der Waals surface area contributed by atoms with Gasteiger partial charge >= 0.3 is 0 Å². The van der Waals surface area contributed by atoms with E-state index >= 15 is 0 Å². The van der Waals surface area contributed by atoms with Crippen LogP contribution in [0.15, 0.2) is 28.8 Å². The van der Waals surface area contributed by atoms with Crippen LogP contribution in [0.25, 0.3) is 11.4 Å². The predicted octanol–water partition coefficient (Wildman–Crippen LogP) is 5.26. The fourth-order valence-corrected chi connectivity index (χ4v) is 7.73. The van der Waals surface area contributed by atoms with Gasteiger partial charge in [0.1, 0.15) is 5.82 Å². The van der Waals surface area contributed by atoms with Gasteiger partial charge in [-0.2, -0.15) is 4.98 Å². The molecule has 2 aromatic rings. The number of aromatic nitrogens is 2. The lowest BCUT2D eigenvalue weighted by molar-refractivity contribution is -0.141. The average molecular weight is 438 g/mol. The fourth-order valence-electron chi connectivity index (χ4n) is 7.73. The number of nitrogens with zero attached hydrogens (tertiary/aromatic N) is 3. The molecule has 2 heterocycles. The van der Waals surface area contributed by atoms with Crippen molar-refractivity contribution in [3.05, 3.63) is 36.0 Å². The van der Waals surface area contributed by atoms with Gasteiger partial charge in [-0.25, -0.2) is 4.39 Å². The molecule has 0 N–H and O–H groups in total. The molecular formula is C26H32FN3O2. The number of piperidine rings is 1. The Balaban J connectivity index is 1.09. The Morgan fingerprint density at radius 2 is 1.84 bits per heavy atom. The molecule has 5 nitrogen and oxygen atoms in total. The summed E-state index contributed by atoms with van der Waals surface area (Å²) in [4.78, 5) is 19.9. The van der Waals surface area contributed by atoms with Crippen LogP contribution in [0.4, 0.5) is 4.39 Å². The zero-order valence-electron chi connectivity index (χ0n) is 18.6. The zero-order chi connectivity index (χ0) is 21.7. The summed E-state index contributed by atoms with van der Waals surface area (Å²) in [7, 11) is 0. The molecule has 0 radical (unpaired) electrons. The van der Waals surface area contributed by atoms with E-state index in [0.717, 1.165) is 50.1 Å². The van der Waals surface area contributed by atoms with Gasteiger partial charge in [-0.3, -0.25) is 4.79 Å². The molecule has 1 amide bonds. The molecule has 1 aromatic carbocycles. The minimum atomic E-state index is -0.348. The van der Waals surface area contributed by atoms with Crippen molar-refractivity contribution < 1.29 is 13.7 Å². The van der Waals surface area contributed by atoms with E-state index in [1.54, 1.807) is 18.2 Å². The van der Waals surface area contributed by atoms with Gasteiger partial charge in [-0.15, -0.1) is 0 Å². The monoisotopic (exact) mass is 437 g/mol. The second kappa shape index (κ2) is 7.96. The van der Waals surface area contributed by atoms with Gasteiger partial charge in [0, 0.05) is 25.9 Å². The minimum Gasteiger partial charge on any atom is -0.342 e. The van der Waals surface area contributed by atoms with Crippen molar-refractivity contribution in [2.75, 3.05) is 13.1 Å². The Bertz CT molecular complexity index is 967. The van der Waals surface area contributed by atoms with E-state index in [2.05, 4.69) is 15.0 Å². The van der Waals surface area contributed by atoms with Crippen molar-refractivity contribution in [3.63, 3.8) is 0 Å². The number of likely N-dealkylation sites (tertiary alicyclic amines) is 1. The van der Waals surface area contributed by atoms with Crippen LogP contribution in [0.3, 0.4) is 0 Å². The van der Waals surface area contributed by atoms with Gasteiger partial charge in [0.25, 0.3) is 0 Å². The SMILES string of the molecule is O=C(CC12CC3CC(CC(C3)C1)C2)N1CCCC(Cc2nc(-c3ccccc3F)no2)C1. The maximum Gasteiger partial charge on any atom is 0.227 e. The van der Waals surface area contributed by atoms with Gasteiger partial charge < -0.3 is 9.42 Å². The third-order valence-electron chi connectivity index (χ3n) is 8.61. The van der Waals surface area contributed by atoms with Gasteiger partial charge in [-0.1, -0.05) is 17.3 Å². The Morgan fingerprint density at radius 3 is 2.56 bits per heavy atom. The number of benzene rings is 1. The molecular weight excluding hydrogens is 405 g/mol. The second-order valence-corrected chi connectivity index (χ2v) is 11.1. The van der Waals surface area contributed by atoms with Crippen molar-refractivity contribution in [3.8, 4) is 11.4 Å². The first kappa shape index (κ1) is 20.4. The van der Waals surface area contributed by atoms with E-state index in [1.165, 1.54) is 44.6 Å². The van der Waals surface area contributed by atoms with Gasteiger partial charge in [0.15, 0.2) is 0 Å². The highest BCUT2D eigenvalue weighted by molar-refractivity contribution is 5.77. The highest BCUT2D eigenvalue weighted by Gasteiger charge is 2.51. The summed E-state index contributed by atoms with van der Waals surface area (Å²) >= 11 is 0. The highest BCUT2D eigenvalue weighted by Crippen LogP contribution is 2.61. The standard InChI is InChI=1S/C26H32FN3O2/c27-22-6-2-1-5-21(22)25-28-23(32-29-25)11-17-4-3-7-30(16-17)24(31)15-26-12-18-8-19(13-26)10-20(9-18)14-26/h1-2,5-6,17-20H,3-4,7-16H2.